The van der Waals surface area contributed by atoms with E-state index in [1.807, 2.05) is 18.2 Å². The van der Waals surface area contributed by atoms with Crippen LogP contribution in [0.25, 0.3) is 0 Å². The first-order valence-corrected chi connectivity index (χ1v) is 6.18. The highest BCUT2D eigenvalue weighted by Gasteiger charge is 2.53. The zero-order chi connectivity index (χ0) is 11.7. The normalized spacial score (nSPS) is 46.2. The van der Waals surface area contributed by atoms with Crippen molar-refractivity contribution in [2.75, 3.05) is 0 Å². The number of ketones is 3. The molecule has 4 bridgehead atoms. The number of fused-ring (bicyclic) bond motifs is 4. The number of rotatable bonds is 1. The molecule has 0 heterocycles. The molecule has 0 spiro atoms. The highest BCUT2D eigenvalue weighted by Crippen LogP contribution is 2.51. The maximum absolute atomic E-state index is 11.8. The zero-order valence-electron chi connectivity index (χ0n) is 9.26. The molecule has 5 atom stereocenters. The van der Waals surface area contributed by atoms with Crippen LogP contribution in [0.15, 0.2) is 23.8 Å². The van der Waals surface area contributed by atoms with Crippen molar-refractivity contribution in [1.29, 1.82) is 0 Å². The van der Waals surface area contributed by atoms with Crippen LogP contribution >= 0.6 is 0 Å². The summed E-state index contributed by atoms with van der Waals surface area (Å²) in [6.45, 7) is 0. The number of hydrogen-bond acceptors (Lipinski definition) is 3. The summed E-state index contributed by atoms with van der Waals surface area (Å²) in [5.74, 6) is -0.263. The molecule has 0 radical (unpaired) electrons. The van der Waals surface area contributed by atoms with Gasteiger partial charge in [-0.05, 0) is 18.8 Å². The van der Waals surface area contributed by atoms with E-state index in [0.29, 0.717) is 12.2 Å². The van der Waals surface area contributed by atoms with Crippen LogP contribution < -0.4 is 0 Å². The smallest absolute Gasteiger partial charge is 0.206 e. The van der Waals surface area contributed by atoms with Crippen LogP contribution in [-0.4, -0.2) is 17.3 Å². The fourth-order valence-corrected chi connectivity index (χ4v) is 3.97. The van der Waals surface area contributed by atoms with E-state index < -0.39 is 0 Å². The Morgan fingerprint density at radius 2 is 1.76 bits per heavy atom. The Balaban J connectivity index is 1.71. The molecule has 0 aliphatic heterocycles. The third-order valence-corrected chi connectivity index (χ3v) is 4.80. The Bertz CT molecular complexity index is 526. The van der Waals surface area contributed by atoms with Gasteiger partial charge in [-0.25, -0.2) is 0 Å². The van der Waals surface area contributed by atoms with E-state index in [-0.39, 0.29) is 41.2 Å². The molecule has 3 nitrogen and oxygen atoms in total. The number of carbonyl (C=O) groups excluding carboxylic acids is 3. The lowest BCUT2D eigenvalue weighted by molar-refractivity contribution is -0.136. The van der Waals surface area contributed by atoms with E-state index in [1.54, 1.807) is 0 Å². The minimum atomic E-state index is -0.219. The first-order chi connectivity index (χ1) is 8.16. The third-order valence-electron chi connectivity index (χ3n) is 4.80. The molecular formula is C14H12O3. The SMILES string of the molecule is O=C1C(=O)C2CC1C=C2C1CC2C=CC1C2=O. The van der Waals surface area contributed by atoms with E-state index in [9.17, 15) is 14.4 Å². The Labute approximate surface area is 98.6 Å². The summed E-state index contributed by atoms with van der Waals surface area (Å²) >= 11 is 0. The molecule has 4 aliphatic carbocycles. The summed E-state index contributed by atoms with van der Waals surface area (Å²) in [6.07, 6.45) is 7.46. The molecule has 0 saturated heterocycles. The first-order valence-electron chi connectivity index (χ1n) is 6.18. The molecule has 86 valence electrons. The molecule has 5 unspecified atom stereocenters. The molecule has 0 amide bonds. The largest absolute Gasteiger partial charge is 0.298 e. The van der Waals surface area contributed by atoms with Crippen LogP contribution in [0.2, 0.25) is 0 Å². The van der Waals surface area contributed by atoms with Gasteiger partial charge in [-0.1, -0.05) is 23.8 Å². The Morgan fingerprint density at radius 3 is 2.29 bits per heavy atom. The lowest BCUT2D eigenvalue weighted by Gasteiger charge is -2.23. The van der Waals surface area contributed by atoms with Crippen LogP contribution in [-0.2, 0) is 14.4 Å². The maximum atomic E-state index is 11.8. The fraction of sp³-hybridized carbons (Fsp3) is 0.500. The third kappa shape index (κ3) is 1.00. The van der Waals surface area contributed by atoms with Gasteiger partial charge >= 0.3 is 0 Å². The highest BCUT2D eigenvalue weighted by molar-refractivity contribution is 6.42. The van der Waals surface area contributed by atoms with Crippen LogP contribution in [0.5, 0.6) is 0 Å². The summed E-state index contributed by atoms with van der Waals surface area (Å²) in [4.78, 5) is 35.0. The van der Waals surface area contributed by atoms with E-state index in [1.165, 1.54) is 0 Å². The second-order valence-corrected chi connectivity index (χ2v) is 5.55. The number of Topliss-reactive ketones (excluding diaryl/α,β-unsaturated/α-hetero) is 3. The molecular weight excluding hydrogens is 216 g/mol. The Hall–Kier alpha value is -1.51. The fourth-order valence-electron chi connectivity index (χ4n) is 3.97. The number of carbonyl (C=O) groups is 3. The molecule has 2 fully saturated rings. The molecule has 3 heteroatoms. The molecule has 0 aromatic carbocycles. The van der Waals surface area contributed by atoms with Gasteiger partial charge in [-0.2, -0.15) is 0 Å². The van der Waals surface area contributed by atoms with E-state index in [0.717, 1.165) is 12.0 Å². The predicted octanol–water partition coefficient (Wildman–Crippen LogP) is 1.09. The summed E-state index contributed by atoms with van der Waals surface area (Å²) in [5.41, 5.74) is 1.09. The van der Waals surface area contributed by atoms with Gasteiger partial charge in [-0.3, -0.25) is 14.4 Å². The summed E-state index contributed by atoms with van der Waals surface area (Å²) in [6, 6.07) is 0. The minimum absolute atomic E-state index is 0.0199. The zero-order valence-corrected chi connectivity index (χ0v) is 9.26. The van der Waals surface area contributed by atoms with Crippen LogP contribution in [0.3, 0.4) is 0 Å². The van der Waals surface area contributed by atoms with Crippen LogP contribution in [0.1, 0.15) is 12.8 Å². The molecule has 2 saturated carbocycles. The quantitative estimate of drug-likeness (QED) is 0.498. The molecule has 4 aliphatic rings. The maximum Gasteiger partial charge on any atom is 0.206 e. The van der Waals surface area contributed by atoms with Crippen molar-refractivity contribution in [3.05, 3.63) is 23.8 Å². The highest BCUT2D eigenvalue weighted by atomic mass is 16.2. The minimum Gasteiger partial charge on any atom is -0.298 e. The summed E-state index contributed by atoms with van der Waals surface area (Å²) < 4.78 is 0. The van der Waals surface area contributed by atoms with E-state index in [2.05, 4.69) is 0 Å². The average Bonchev–Trinajstić information content (AvgIpc) is 3.04. The van der Waals surface area contributed by atoms with Gasteiger partial charge in [-0.15, -0.1) is 0 Å². The molecule has 0 aromatic rings. The van der Waals surface area contributed by atoms with Crippen LogP contribution in [0.4, 0.5) is 0 Å². The molecule has 0 N–H and O–H groups in total. The van der Waals surface area contributed by atoms with Crippen LogP contribution in [0, 0.1) is 29.6 Å². The lowest BCUT2D eigenvalue weighted by Crippen LogP contribution is -2.26. The first kappa shape index (κ1) is 9.51. The van der Waals surface area contributed by atoms with Gasteiger partial charge in [0, 0.05) is 23.7 Å². The Kier molecular flexibility index (Phi) is 1.59. The Morgan fingerprint density at radius 1 is 0.941 bits per heavy atom. The molecule has 0 aromatic heterocycles. The van der Waals surface area contributed by atoms with Gasteiger partial charge in [0.1, 0.15) is 5.78 Å². The second-order valence-electron chi connectivity index (χ2n) is 5.55. The van der Waals surface area contributed by atoms with E-state index >= 15 is 0 Å². The number of hydrogen-bond donors (Lipinski definition) is 0. The molecule has 17 heavy (non-hydrogen) atoms. The van der Waals surface area contributed by atoms with Crippen molar-refractivity contribution >= 4 is 17.3 Å². The van der Waals surface area contributed by atoms with Gasteiger partial charge < -0.3 is 0 Å². The van der Waals surface area contributed by atoms with Gasteiger partial charge in [0.25, 0.3) is 0 Å². The molecule has 4 rings (SSSR count). The van der Waals surface area contributed by atoms with Crippen molar-refractivity contribution in [3.63, 3.8) is 0 Å². The van der Waals surface area contributed by atoms with Crippen molar-refractivity contribution in [1.82, 2.24) is 0 Å². The van der Waals surface area contributed by atoms with E-state index in [4.69, 9.17) is 0 Å². The second kappa shape index (κ2) is 2.84. The van der Waals surface area contributed by atoms with Crippen molar-refractivity contribution in [2.45, 2.75) is 12.8 Å². The van der Waals surface area contributed by atoms with Crippen molar-refractivity contribution < 1.29 is 14.4 Å². The average molecular weight is 228 g/mol. The van der Waals surface area contributed by atoms with Gasteiger partial charge in [0.2, 0.25) is 11.6 Å². The number of allylic oxidation sites excluding steroid dienone is 4. The van der Waals surface area contributed by atoms with Gasteiger partial charge in [0.05, 0.1) is 0 Å². The van der Waals surface area contributed by atoms with Crippen molar-refractivity contribution in [2.24, 2.45) is 29.6 Å². The standard InChI is InChI=1S/C14H12O3/c15-12-6-1-2-8(12)9(3-6)10-4-7-5-11(10)14(17)13(7)16/h1-2,4,6-9,11H,3,5H2. The monoisotopic (exact) mass is 228 g/mol. The topological polar surface area (TPSA) is 51.2 Å². The predicted molar refractivity (Wildman–Crippen MR) is 58.9 cm³/mol. The van der Waals surface area contributed by atoms with Crippen molar-refractivity contribution in [3.8, 4) is 0 Å². The van der Waals surface area contributed by atoms with Gasteiger partial charge in [0.15, 0.2) is 0 Å². The lowest BCUT2D eigenvalue weighted by atomic mass is 9.79. The summed E-state index contributed by atoms with van der Waals surface area (Å²) in [7, 11) is 0. The summed E-state index contributed by atoms with van der Waals surface area (Å²) in [5, 5.41) is 0.